The highest BCUT2D eigenvalue weighted by atomic mass is 16.6. The molecule has 0 fully saturated rings. The lowest BCUT2D eigenvalue weighted by atomic mass is 10.1. The molecule has 0 radical (unpaired) electrons. The molecule has 19 heavy (non-hydrogen) atoms. The Labute approximate surface area is 108 Å². The van der Waals surface area contributed by atoms with Crippen LogP contribution < -0.4 is 5.32 Å². The standard InChI is InChI=1S/C11H12N4O4/c1-6(2)10(11(16)17)14-9-4-3-8(15(18)19)7(5-12)13-9/h3-4,6,10H,1-2H3,(H,13,14)(H,16,17). The Kier molecular flexibility index (Phi) is 4.36. The fraction of sp³-hybridized carbons (Fsp3) is 0.364. The largest absolute Gasteiger partial charge is 0.480 e. The molecule has 0 aromatic carbocycles. The third-order valence-corrected chi connectivity index (χ3v) is 2.41. The Morgan fingerprint density at radius 1 is 1.58 bits per heavy atom. The lowest BCUT2D eigenvalue weighted by molar-refractivity contribution is -0.385. The maximum atomic E-state index is 11.0. The van der Waals surface area contributed by atoms with Crippen LogP contribution in [-0.2, 0) is 4.79 Å². The molecule has 1 aromatic rings. The summed E-state index contributed by atoms with van der Waals surface area (Å²) in [5, 5.41) is 31.1. The zero-order chi connectivity index (χ0) is 14.6. The van der Waals surface area contributed by atoms with Crippen LogP contribution >= 0.6 is 0 Å². The van der Waals surface area contributed by atoms with Gasteiger partial charge in [-0.15, -0.1) is 0 Å². The van der Waals surface area contributed by atoms with E-state index in [0.29, 0.717) is 0 Å². The SMILES string of the molecule is CC(C)C(Nc1ccc([N+](=O)[O-])c(C#N)n1)C(=O)O. The quantitative estimate of drug-likeness (QED) is 0.606. The van der Waals surface area contributed by atoms with Crippen LogP contribution in [0.15, 0.2) is 12.1 Å². The number of nitriles is 1. The van der Waals surface area contributed by atoms with Gasteiger partial charge in [0.1, 0.15) is 17.9 Å². The van der Waals surface area contributed by atoms with E-state index in [1.807, 2.05) is 0 Å². The van der Waals surface area contributed by atoms with Crippen LogP contribution in [0.2, 0.25) is 0 Å². The van der Waals surface area contributed by atoms with Gasteiger partial charge in [0.05, 0.1) is 4.92 Å². The van der Waals surface area contributed by atoms with Crippen LogP contribution in [0.5, 0.6) is 0 Å². The average Bonchev–Trinajstić information content (AvgIpc) is 2.34. The Balaban J connectivity index is 3.07. The Bertz CT molecular complexity index is 550. The fourth-order valence-electron chi connectivity index (χ4n) is 1.43. The number of anilines is 1. The van der Waals surface area contributed by atoms with Crippen molar-refractivity contribution in [2.45, 2.75) is 19.9 Å². The van der Waals surface area contributed by atoms with Crippen molar-refractivity contribution in [3.63, 3.8) is 0 Å². The number of rotatable bonds is 5. The number of carbonyl (C=O) groups is 1. The van der Waals surface area contributed by atoms with Gasteiger partial charge < -0.3 is 10.4 Å². The molecular formula is C11H12N4O4. The van der Waals surface area contributed by atoms with E-state index in [2.05, 4.69) is 10.3 Å². The van der Waals surface area contributed by atoms with Gasteiger partial charge in [0.15, 0.2) is 0 Å². The van der Waals surface area contributed by atoms with Crippen molar-refractivity contribution in [1.29, 1.82) is 5.26 Å². The van der Waals surface area contributed by atoms with Crippen LogP contribution in [0.3, 0.4) is 0 Å². The van der Waals surface area contributed by atoms with E-state index >= 15 is 0 Å². The molecule has 0 aliphatic rings. The highest BCUT2D eigenvalue weighted by Crippen LogP contribution is 2.19. The summed E-state index contributed by atoms with van der Waals surface area (Å²) >= 11 is 0. The van der Waals surface area contributed by atoms with Crippen LogP contribution in [0.25, 0.3) is 0 Å². The molecule has 0 aliphatic carbocycles. The second kappa shape index (κ2) is 5.77. The number of carboxylic acid groups (broad SMARTS) is 1. The highest BCUT2D eigenvalue weighted by molar-refractivity contribution is 5.77. The van der Waals surface area contributed by atoms with Gasteiger partial charge in [-0.05, 0) is 12.0 Å². The second-order valence-corrected chi connectivity index (χ2v) is 4.14. The Morgan fingerprint density at radius 2 is 2.21 bits per heavy atom. The number of carboxylic acids is 1. The number of aromatic nitrogens is 1. The molecule has 1 unspecified atom stereocenters. The molecule has 100 valence electrons. The van der Waals surface area contributed by atoms with E-state index in [9.17, 15) is 14.9 Å². The van der Waals surface area contributed by atoms with Crippen LogP contribution in [-0.4, -0.2) is 27.0 Å². The predicted octanol–water partition coefficient (Wildman–Crippen LogP) is 1.38. The third kappa shape index (κ3) is 3.38. The Hall–Kier alpha value is -2.69. The lowest BCUT2D eigenvalue weighted by Crippen LogP contribution is -2.34. The Morgan fingerprint density at radius 3 is 2.63 bits per heavy atom. The zero-order valence-electron chi connectivity index (χ0n) is 10.3. The molecule has 8 nitrogen and oxygen atoms in total. The van der Waals surface area contributed by atoms with Gasteiger partial charge >= 0.3 is 11.7 Å². The van der Waals surface area contributed by atoms with Crippen molar-refractivity contribution in [2.75, 3.05) is 5.32 Å². The van der Waals surface area contributed by atoms with Crippen molar-refractivity contribution in [3.05, 3.63) is 27.9 Å². The number of nitrogens with one attached hydrogen (secondary N) is 1. The molecule has 0 amide bonds. The van der Waals surface area contributed by atoms with Gasteiger partial charge in [-0.1, -0.05) is 13.8 Å². The minimum absolute atomic E-state index is 0.114. The first kappa shape index (κ1) is 14.4. The number of aliphatic carboxylic acids is 1. The van der Waals surface area contributed by atoms with Gasteiger partial charge in [-0.2, -0.15) is 5.26 Å². The van der Waals surface area contributed by atoms with Crippen molar-refractivity contribution in [1.82, 2.24) is 4.98 Å². The zero-order valence-corrected chi connectivity index (χ0v) is 10.3. The smallest absolute Gasteiger partial charge is 0.326 e. The maximum absolute atomic E-state index is 11.0. The summed E-state index contributed by atoms with van der Waals surface area (Å²) in [5.41, 5.74) is -0.771. The average molecular weight is 264 g/mol. The van der Waals surface area contributed by atoms with E-state index < -0.39 is 22.6 Å². The van der Waals surface area contributed by atoms with Gasteiger partial charge in [-0.3, -0.25) is 10.1 Å². The summed E-state index contributed by atoms with van der Waals surface area (Å²) in [6.07, 6.45) is 0. The van der Waals surface area contributed by atoms with Crippen molar-refractivity contribution < 1.29 is 14.8 Å². The monoisotopic (exact) mass is 264 g/mol. The fourth-order valence-corrected chi connectivity index (χ4v) is 1.43. The van der Waals surface area contributed by atoms with E-state index in [-0.39, 0.29) is 17.4 Å². The third-order valence-electron chi connectivity index (χ3n) is 2.41. The molecule has 0 aliphatic heterocycles. The molecular weight excluding hydrogens is 252 g/mol. The van der Waals surface area contributed by atoms with Crippen molar-refractivity contribution in [3.8, 4) is 6.07 Å². The molecule has 8 heteroatoms. The molecule has 2 N–H and O–H groups in total. The number of nitrogens with zero attached hydrogens (tertiary/aromatic N) is 3. The van der Waals surface area contributed by atoms with Crippen molar-refractivity contribution >= 4 is 17.5 Å². The first-order chi connectivity index (χ1) is 8.86. The van der Waals surface area contributed by atoms with Crippen LogP contribution in [0, 0.1) is 27.4 Å². The molecule has 0 saturated carbocycles. The first-order valence-corrected chi connectivity index (χ1v) is 5.41. The number of hydrogen-bond donors (Lipinski definition) is 2. The normalized spacial score (nSPS) is 11.7. The minimum Gasteiger partial charge on any atom is -0.480 e. The molecule has 1 heterocycles. The highest BCUT2D eigenvalue weighted by Gasteiger charge is 2.23. The van der Waals surface area contributed by atoms with Crippen LogP contribution in [0.4, 0.5) is 11.5 Å². The second-order valence-electron chi connectivity index (χ2n) is 4.14. The topological polar surface area (TPSA) is 129 Å². The van der Waals surface area contributed by atoms with Crippen molar-refractivity contribution in [2.24, 2.45) is 5.92 Å². The minimum atomic E-state index is -1.06. The number of hydrogen-bond acceptors (Lipinski definition) is 6. The van der Waals surface area contributed by atoms with E-state index in [1.165, 1.54) is 6.07 Å². The molecule has 1 aromatic heterocycles. The van der Waals surface area contributed by atoms with Gasteiger partial charge in [0, 0.05) is 6.07 Å². The summed E-state index contributed by atoms with van der Waals surface area (Å²) in [4.78, 5) is 24.7. The van der Waals surface area contributed by atoms with E-state index in [1.54, 1.807) is 19.9 Å². The molecule has 1 atom stereocenters. The molecule has 0 saturated heterocycles. The maximum Gasteiger partial charge on any atom is 0.326 e. The number of nitro groups is 1. The van der Waals surface area contributed by atoms with Gasteiger partial charge in [0.25, 0.3) is 0 Å². The summed E-state index contributed by atoms with van der Waals surface area (Å²) < 4.78 is 0. The number of pyridine rings is 1. The summed E-state index contributed by atoms with van der Waals surface area (Å²) in [7, 11) is 0. The molecule has 0 spiro atoms. The lowest BCUT2D eigenvalue weighted by Gasteiger charge is -2.18. The van der Waals surface area contributed by atoms with E-state index in [4.69, 9.17) is 10.4 Å². The van der Waals surface area contributed by atoms with Crippen LogP contribution in [0.1, 0.15) is 19.5 Å². The molecule has 1 rings (SSSR count). The summed E-state index contributed by atoms with van der Waals surface area (Å²) in [6, 6.07) is 3.11. The van der Waals surface area contributed by atoms with E-state index in [0.717, 1.165) is 6.07 Å². The van der Waals surface area contributed by atoms with Gasteiger partial charge in [-0.25, -0.2) is 9.78 Å². The molecule has 0 bridgehead atoms. The summed E-state index contributed by atoms with van der Waals surface area (Å²) in [5.74, 6) is -1.16. The first-order valence-electron chi connectivity index (χ1n) is 5.41. The van der Waals surface area contributed by atoms with Gasteiger partial charge in [0.2, 0.25) is 5.69 Å². The predicted molar refractivity (Wildman–Crippen MR) is 65.5 cm³/mol. The summed E-state index contributed by atoms with van der Waals surface area (Å²) in [6.45, 7) is 3.42.